The van der Waals surface area contributed by atoms with E-state index in [1.54, 1.807) is 6.08 Å². The molecule has 0 radical (unpaired) electrons. The van der Waals surface area contributed by atoms with Gasteiger partial charge in [-0.2, -0.15) is 0 Å². The molecule has 0 atom stereocenters. The zero-order chi connectivity index (χ0) is 11.1. The Morgan fingerprint density at radius 1 is 1.53 bits per heavy atom. The average molecular weight is 208 g/mol. The zero-order valence-corrected chi connectivity index (χ0v) is 8.23. The third-order valence-corrected chi connectivity index (χ3v) is 1.64. The van der Waals surface area contributed by atoms with E-state index in [0.717, 1.165) is 6.20 Å². The third kappa shape index (κ3) is 4.33. The molecule has 0 fully saturated rings. The summed E-state index contributed by atoms with van der Waals surface area (Å²) >= 11 is 0. The number of nitrogens with two attached hydrogens (primary N) is 2. The molecule has 0 spiro atoms. The van der Waals surface area contributed by atoms with E-state index >= 15 is 0 Å². The fourth-order valence-corrected chi connectivity index (χ4v) is 0.904. The van der Waals surface area contributed by atoms with Crippen molar-refractivity contribution in [2.24, 2.45) is 16.5 Å². The van der Waals surface area contributed by atoms with E-state index in [0.29, 0.717) is 24.5 Å². The van der Waals surface area contributed by atoms with Gasteiger partial charge in [-0.1, -0.05) is 0 Å². The second kappa shape index (κ2) is 5.87. The smallest absolute Gasteiger partial charge is 0.151 e. The topological polar surface area (TPSA) is 77.3 Å². The maximum Gasteiger partial charge on any atom is 0.151 e. The summed E-state index contributed by atoms with van der Waals surface area (Å²) in [6.07, 6.45) is 4.91. The van der Waals surface area contributed by atoms with Crippen molar-refractivity contribution < 1.29 is 4.39 Å². The molecule has 0 unspecified atom stereocenters. The van der Waals surface area contributed by atoms with Gasteiger partial charge in [0, 0.05) is 11.9 Å². The molecular weight excluding hydrogens is 195 g/mol. The molecule has 0 saturated carbocycles. The van der Waals surface area contributed by atoms with E-state index in [2.05, 4.69) is 9.98 Å². The maximum absolute atomic E-state index is 12.5. The minimum absolute atomic E-state index is 0.382. The minimum atomic E-state index is -0.382. The highest BCUT2D eigenvalue weighted by Gasteiger charge is 1.90. The number of halogens is 1. The van der Waals surface area contributed by atoms with Crippen LogP contribution in [0.4, 0.5) is 10.2 Å². The largest absolute Gasteiger partial charge is 0.402 e. The predicted octanol–water partition coefficient (Wildman–Crippen LogP) is 1.11. The van der Waals surface area contributed by atoms with Crippen molar-refractivity contribution in [3.05, 3.63) is 35.9 Å². The van der Waals surface area contributed by atoms with Crippen molar-refractivity contribution in [1.82, 2.24) is 4.98 Å². The van der Waals surface area contributed by atoms with Crippen molar-refractivity contribution in [2.75, 3.05) is 6.54 Å². The maximum atomic E-state index is 12.5. The summed E-state index contributed by atoms with van der Waals surface area (Å²) in [5.41, 5.74) is 11.5. The number of pyridine rings is 1. The van der Waals surface area contributed by atoms with Crippen LogP contribution in [0.25, 0.3) is 0 Å². The number of allylic oxidation sites excluding steroid dienone is 1. The molecule has 0 aliphatic heterocycles. The van der Waals surface area contributed by atoms with Gasteiger partial charge in [0.05, 0.1) is 6.20 Å². The van der Waals surface area contributed by atoms with Gasteiger partial charge in [0.25, 0.3) is 0 Å². The summed E-state index contributed by atoms with van der Waals surface area (Å²) in [6, 6.07) is 2.78. The lowest BCUT2D eigenvalue weighted by Gasteiger charge is -1.94. The Balaban J connectivity index is 2.58. The molecule has 1 aromatic rings. The van der Waals surface area contributed by atoms with Gasteiger partial charge in [-0.05, 0) is 31.2 Å². The molecule has 1 heterocycles. The Bertz CT molecular complexity index is 356. The number of rotatable bonds is 4. The first-order chi connectivity index (χ1) is 7.22. The van der Waals surface area contributed by atoms with Crippen LogP contribution >= 0.6 is 0 Å². The van der Waals surface area contributed by atoms with Crippen LogP contribution in [0.3, 0.4) is 0 Å². The van der Waals surface area contributed by atoms with Crippen LogP contribution in [-0.2, 0) is 0 Å². The van der Waals surface area contributed by atoms with Crippen LogP contribution in [0.1, 0.15) is 6.42 Å². The van der Waals surface area contributed by atoms with E-state index in [1.165, 1.54) is 18.3 Å². The van der Waals surface area contributed by atoms with Gasteiger partial charge in [-0.25, -0.2) is 14.4 Å². The van der Waals surface area contributed by atoms with Crippen molar-refractivity contribution in [3.63, 3.8) is 0 Å². The molecule has 80 valence electrons. The molecule has 1 rings (SSSR count). The van der Waals surface area contributed by atoms with Crippen molar-refractivity contribution >= 4 is 12.0 Å². The van der Waals surface area contributed by atoms with E-state index in [-0.39, 0.29) is 5.82 Å². The fraction of sp³-hybridized carbons (Fsp3) is 0.200. The first-order valence-corrected chi connectivity index (χ1v) is 4.52. The standard InChI is InChI=1S/C10H13FN4/c11-8-1-2-10(15-7-8)14-6-4-9(13)3-5-12/h1-2,4,6-7H,3,5,12-13H2. The molecule has 0 aromatic carbocycles. The van der Waals surface area contributed by atoms with Gasteiger partial charge in [0.1, 0.15) is 5.82 Å². The van der Waals surface area contributed by atoms with Gasteiger partial charge in [-0.15, -0.1) is 0 Å². The van der Waals surface area contributed by atoms with E-state index in [9.17, 15) is 4.39 Å². The molecule has 4 nitrogen and oxygen atoms in total. The molecule has 0 aliphatic carbocycles. The van der Waals surface area contributed by atoms with E-state index in [1.807, 2.05) is 0 Å². The number of hydrogen-bond donors (Lipinski definition) is 2. The Morgan fingerprint density at radius 3 is 2.93 bits per heavy atom. The van der Waals surface area contributed by atoms with E-state index in [4.69, 9.17) is 11.5 Å². The van der Waals surface area contributed by atoms with Crippen LogP contribution in [0.15, 0.2) is 35.1 Å². The second-order valence-electron chi connectivity index (χ2n) is 2.89. The number of aliphatic imine (C=N–C) groups is 1. The summed E-state index contributed by atoms with van der Waals surface area (Å²) in [5, 5.41) is 0. The molecule has 0 bridgehead atoms. The molecule has 0 amide bonds. The van der Waals surface area contributed by atoms with Gasteiger partial charge in [0.2, 0.25) is 0 Å². The summed E-state index contributed by atoms with van der Waals surface area (Å²) in [6.45, 7) is 0.505. The van der Waals surface area contributed by atoms with Crippen molar-refractivity contribution in [3.8, 4) is 0 Å². The van der Waals surface area contributed by atoms with Crippen molar-refractivity contribution in [1.29, 1.82) is 0 Å². The Labute approximate surface area is 87.5 Å². The van der Waals surface area contributed by atoms with Gasteiger partial charge in [0.15, 0.2) is 5.82 Å². The van der Waals surface area contributed by atoms with Gasteiger partial charge >= 0.3 is 0 Å². The molecule has 1 aromatic heterocycles. The van der Waals surface area contributed by atoms with Crippen LogP contribution in [0.5, 0.6) is 0 Å². The Kier molecular flexibility index (Phi) is 4.43. The minimum Gasteiger partial charge on any atom is -0.402 e. The van der Waals surface area contributed by atoms with Gasteiger partial charge < -0.3 is 11.5 Å². The lowest BCUT2D eigenvalue weighted by molar-refractivity contribution is 0.621. The first kappa shape index (κ1) is 11.3. The monoisotopic (exact) mass is 208 g/mol. The first-order valence-electron chi connectivity index (χ1n) is 4.52. The quantitative estimate of drug-likeness (QED) is 0.728. The molecule has 0 aliphatic rings. The molecule has 15 heavy (non-hydrogen) atoms. The van der Waals surface area contributed by atoms with E-state index < -0.39 is 0 Å². The van der Waals surface area contributed by atoms with Crippen LogP contribution in [0.2, 0.25) is 0 Å². The highest BCUT2D eigenvalue weighted by molar-refractivity contribution is 5.74. The SMILES string of the molecule is NCCC(N)=CC=Nc1ccc(F)cn1. The number of nitrogens with zero attached hydrogens (tertiary/aromatic N) is 2. The highest BCUT2D eigenvalue weighted by atomic mass is 19.1. The summed E-state index contributed by atoms with van der Waals surface area (Å²) in [7, 11) is 0. The number of aromatic nitrogens is 1. The van der Waals surface area contributed by atoms with Crippen LogP contribution in [-0.4, -0.2) is 17.7 Å². The van der Waals surface area contributed by atoms with Crippen LogP contribution < -0.4 is 11.5 Å². The van der Waals surface area contributed by atoms with Crippen LogP contribution in [0, 0.1) is 5.82 Å². The summed E-state index contributed by atoms with van der Waals surface area (Å²) in [5.74, 6) is 0.0559. The third-order valence-electron chi connectivity index (χ3n) is 1.64. The fourth-order valence-electron chi connectivity index (χ4n) is 0.904. The Hall–Kier alpha value is -1.75. The highest BCUT2D eigenvalue weighted by Crippen LogP contribution is 2.06. The lowest BCUT2D eigenvalue weighted by atomic mass is 10.3. The molecule has 4 N–H and O–H groups in total. The summed E-state index contributed by atoms with van der Waals surface area (Å²) < 4.78 is 12.5. The van der Waals surface area contributed by atoms with Crippen molar-refractivity contribution in [2.45, 2.75) is 6.42 Å². The summed E-state index contributed by atoms with van der Waals surface area (Å²) in [4.78, 5) is 7.72. The normalized spacial score (nSPS) is 12.3. The second-order valence-corrected chi connectivity index (χ2v) is 2.89. The average Bonchev–Trinajstić information content (AvgIpc) is 2.21. The van der Waals surface area contributed by atoms with Gasteiger partial charge in [-0.3, -0.25) is 0 Å². The molecular formula is C10H13FN4. The Morgan fingerprint density at radius 2 is 2.33 bits per heavy atom. The molecule has 0 saturated heterocycles. The zero-order valence-electron chi connectivity index (χ0n) is 8.23. The number of hydrogen-bond acceptors (Lipinski definition) is 4. The lowest BCUT2D eigenvalue weighted by Crippen LogP contribution is -2.06. The molecule has 5 heteroatoms. The predicted molar refractivity (Wildman–Crippen MR) is 58.3 cm³/mol.